The van der Waals surface area contributed by atoms with Crippen LogP contribution in [0.25, 0.3) is 9.75 Å². The predicted molar refractivity (Wildman–Crippen MR) is 159 cm³/mol. The normalized spacial score (nSPS) is 11.5. The Labute approximate surface area is 221 Å². The molecule has 0 saturated carbocycles. The smallest absolute Gasteiger partial charge is 0.0477 e. The molecule has 34 heavy (non-hydrogen) atoms. The molecule has 0 fully saturated rings. The molecule has 194 valence electrons. The number of hydrogen-bond donors (Lipinski definition) is 0. The Morgan fingerprint density at radius 1 is 0.529 bits per heavy atom. The van der Waals surface area contributed by atoms with Gasteiger partial charge >= 0.3 is 0 Å². The largest absolute Gasteiger partial charge is 0.143 e. The Morgan fingerprint density at radius 3 is 1.47 bits per heavy atom. The zero-order valence-corrected chi connectivity index (χ0v) is 24.3. The molecule has 0 aliphatic heterocycles. The van der Waals surface area contributed by atoms with Crippen LogP contribution >= 0.6 is 22.7 Å². The lowest BCUT2D eigenvalue weighted by atomic mass is 9.97. The summed E-state index contributed by atoms with van der Waals surface area (Å²) in [5.74, 6) is 0. The summed E-state index contributed by atoms with van der Waals surface area (Å²) in [7, 11) is 0. The van der Waals surface area contributed by atoms with Crippen LogP contribution in [0.15, 0.2) is 22.9 Å². The van der Waals surface area contributed by atoms with E-state index in [0.29, 0.717) is 0 Å². The third kappa shape index (κ3) is 12.9. The first-order chi connectivity index (χ1) is 16.9. The minimum Gasteiger partial charge on any atom is -0.143 e. The first-order valence-corrected chi connectivity index (χ1v) is 16.8. The summed E-state index contributed by atoms with van der Waals surface area (Å²) in [6.07, 6.45) is 31.1. The van der Waals surface area contributed by atoms with E-state index in [1.807, 2.05) is 22.7 Å². The zero-order chi connectivity index (χ0) is 24.1. The fourth-order valence-corrected chi connectivity index (χ4v) is 7.17. The van der Waals surface area contributed by atoms with Gasteiger partial charge in [0.2, 0.25) is 0 Å². The van der Waals surface area contributed by atoms with E-state index in [-0.39, 0.29) is 0 Å². The van der Waals surface area contributed by atoms with E-state index in [2.05, 4.69) is 36.7 Å². The first kappa shape index (κ1) is 29.6. The highest BCUT2D eigenvalue weighted by molar-refractivity contribution is 7.20. The summed E-state index contributed by atoms with van der Waals surface area (Å²) in [6.45, 7) is 4.61. The van der Waals surface area contributed by atoms with Gasteiger partial charge in [-0.1, -0.05) is 135 Å². The summed E-state index contributed by atoms with van der Waals surface area (Å²) in [5.41, 5.74) is 3.37. The maximum absolute atomic E-state index is 2.49. The topological polar surface area (TPSA) is 0 Å². The Kier molecular flexibility index (Phi) is 17.9. The number of rotatable bonds is 23. The molecular weight excluding hydrogens is 448 g/mol. The van der Waals surface area contributed by atoms with Gasteiger partial charge in [0, 0.05) is 9.75 Å². The van der Waals surface area contributed by atoms with Crippen molar-refractivity contribution < 1.29 is 0 Å². The van der Waals surface area contributed by atoms with Crippen molar-refractivity contribution in [2.45, 2.75) is 155 Å². The van der Waals surface area contributed by atoms with Gasteiger partial charge in [-0.25, -0.2) is 0 Å². The van der Waals surface area contributed by atoms with E-state index >= 15 is 0 Å². The van der Waals surface area contributed by atoms with Crippen LogP contribution in [0.1, 0.15) is 153 Å². The van der Waals surface area contributed by atoms with Crippen molar-refractivity contribution in [3.8, 4) is 9.75 Å². The summed E-state index contributed by atoms with van der Waals surface area (Å²) in [6, 6.07) is 4.54. The summed E-state index contributed by atoms with van der Waals surface area (Å²) in [4.78, 5) is 3.06. The third-order valence-corrected chi connectivity index (χ3v) is 9.43. The van der Waals surface area contributed by atoms with Gasteiger partial charge in [-0.3, -0.25) is 0 Å². The first-order valence-electron chi connectivity index (χ1n) is 15.0. The number of thiophene rings is 2. The van der Waals surface area contributed by atoms with Crippen LogP contribution in [-0.4, -0.2) is 0 Å². The van der Waals surface area contributed by atoms with Crippen LogP contribution in [0, 0.1) is 0 Å². The van der Waals surface area contributed by atoms with Gasteiger partial charge in [-0.05, 0) is 53.6 Å². The van der Waals surface area contributed by atoms with Crippen molar-refractivity contribution in [1.29, 1.82) is 0 Å². The minimum atomic E-state index is 1.29. The fraction of sp³-hybridized carbons (Fsp3) is 0.750. The lowest BCUT2D eigenvalue weighted by Gasteiger charge is -2.08. The fourth-order valence-electron chi connectivity index (χ4n) is 5.11. The van der Waals surface area contributed by atoms with Crippen molar-refractivity contribution >= 4 is 22.7 Å². The molecule has 0 radical (unpaired) electrons. The summed E-state index contributed by atoms with van der Waals surface area (Å²) >= 11 is 3.92. The van der Waals surface area contributed by atoms with Crippen LogP contribution < -0.4 is 0 Å². The predicted octanol–water partition coefficient (Wildman–Crippen LogP) is 12.4. The molecule has 0 saturated heterocycles. The Morgan fingerprint density at radius 2 is 1.00 bits per heavy atom. The molecule has 0 aliphatic rings. The van der Waals surface area contributed by atoms with E-state index < -0.39 is 0 Å². The molecule has 0 N–H and O–H groups in total. The highest BCUT2D eigenvalue weighted by Crippen LogP contribution is 2.37. The number of hydrogen-bond acceptors (Lipinski definition) is 2. The van der Waals surface area contributed by atoms with E-state index in [0.717, 1.165) is 0 Å². The van der Waals surface area contributed by atoms with E-state index in [9.17, 15) is 0 Å². The molecule has 2 aromatic rings. The maximum Gasteiger partial charge on any atom is 0.0477 e. The molecule has 0 aliphatic carbocycles. The average molecular weight is 503 g/mol. The molecule has 0 bridgehead atoms. The van der Waals surface area contributed by atoms with Crippen LogP contribution in [0.4, 0.5) is 0 Å². The zero-order valence-electron chi connectivity index (χ0n) is 22.7. The van der Waals surface area contributed by atoms with Gasteiger partial charge < -0.3 is 0 Å². The van der Waals surface area contributed by atoms with E-state index in [4.69, 9.17) is 0 Å². The summed E-state index contributed by atoms with van der Waals surface area (Å²) < 4.78 is 0. The van der Waals surface area contributed by atoms with Crippen molar-refractivity contribution in [2.75, 3.05) is 0 Å². The van der Waals surface area contributed by atoms with Crippen molar-refractivity contribution in [3.05, 3.63) is 34.0 Å². The lowest BCUT2D eigenvalue weighted by Crippen LogP contribution is -1.94. The Bertz CT molecular complexity index is 682. The average Bonchev–Trinajstić information content (AvgIpc) is 3.51. The quantitative estimate of drug-likeness (QED) is 0.132. The SMILES string of the molecule is CCCCCCCCCCCCc1csc(-c2cccs2)c1CCCCCCCCCCCC. The minimum absolute atomic E-state index is 1.29. The van der Waals surface area contributed by atoms with Crippen LogP contribution in [0.3, 0.4) is 0 Å². The van der Waals surface area contributed by atoms with Gasteiger partial charge in [0.1, 0.15) is 0 Å². The molecule has 2 aromatic heterocycles. The van der Waals surface area contributed by atoms with Crippen LogP contribution in [0.2, 0.25) is 0 Å². The monoisotopic (exact) mass is 502 g/mol. The standard InChI is InChI=1S/C32H54S2/c1-3-5-7-9-11-13-15-17-19-21-24-29-28-34-32(31-26-23-27-33-31)30(29)25-22-20-18-16-14-12-10-8-6-4-2/h23,26-28H,3-22,24-25H2,1-2H3. The molecule has 2 heterocycles. The van der Waals surface area contributed by atoms with Gasteiger partial charge in [-0.15, -0.1) is 22.7 Å². The maximum atomic E-state index is 2.49. The molecule has 0 atom stereocenters. The molecule has 0 spiro atoms. The second kappa shape index (κ2) is 20.6. The number of unbranched alkanes of at least 4 members (excludes halogenated alkanes) is 18. The molecule has 0 amide bonds. The summed E-state index contributed by atoms with van der Waals surface area (Å²) in [5, 5.41) is 4.73. The molecule has 2 rings (SSSR count). The van der Waals surface area contributed by atoms with Gasteiger partial charge in [0.25, 0.3) is 0 Å². The highest BCUT2D eigenvalue weighted by Gasteiger charge is 2.14. The van der Waals surface area contributed by atoms with Crippen molar-refractivity contribution in [2.24, 2.45) is 0 Å². The Hall–Kier alpha value is -0.600. The van der Waals surface area contributed by atoms with Crippen molar-refractivity contribution in [1.82, 2.24) is 0 Å². The van der Waals surface area contributed by atoms with E-state index in [1.165, 1.54) is 146 Å². The second-order valence-electron chi connectivity index (χ2n) is 10.4. The molecular formula is C32H54S2. The third-order valence-electron chi connectivity index (χ3n) is 7.31. The lowest BCUT2D eigenvalue weighted by molar-refractivity contribution is 0.553. The highest BCUT2D eigenvalue weighted by atomic mass is 32.1. The van der Waals surface area contributed by atoms with Crippen molar-refractivity contribution in [3.63, 3.8) is 0 Å². The van der Waals surface area contributed by atoms with Gasteiger partial charge in [-0.2, -0.15) is 0 Å². The van der Waals surface area contributed by atoms with Crippen LogP contribution in [0.5, 0.6) is 0 Å². The number of aryl methyl sites for hydroxylation is 1. The van der Waals surface area contributed by atoms with Crippen LogP contribution in [-0.2, 0) is 12.8 Å². The molecule has 0 nitrogen and oxygen atoms in total. The second-order valence-corrected chi connectivity index (χ2v) is 12.2. The van der Waals surface area contributed by atoms with Gasteiger partial charge in [0.05, 0.1) is 0 Å². The molecule has 2 heteroatoms. The Balaban J connectivity index is 1.66. The molecule has 0 unspecified atom stereocenters. The van der Waals surface area contributed by atoms with E-state index in [1.54, 1.807) is 16.0 Å². The molecule has 0 aromatic carbocycles. The van der Waals surface area contributed by atoms with Gasteiger partial charge in [0.15, 0.2) is 0 Å².